The number of methoxy groups -OCH3 is 2. The molecule has 0 spiro atoms. The van der Waals surface area contributed by atoms with E-state index in [-0.39, 0.29) is 37.3 Å². The number of nitrogens with one attached hydrogen (secondary N) is 3. The van der Waals surface area contributed by atoms with Crippen molar-refractivity contribution in [3.63, 3.8) is 0 Å². The predicted molar refractivity (Wildman–Crippen MR) is 216 cm³/mol. The van der Waals surface area contributed by atoms with Gasteiger partial charge >= 0.3 is 30.1 Å². The van der Waals surface area contributed by atoms with Gasteiger partial charge in [-0.1, -0.05) is 47.5 Å². The van der Waals surface area contributed by atoms with Gasteiger partial charge in [-0.25, -0.2) is 19.2 Å². The number of benzene rings is 2. The molecule has 0 fully saturated rings. The lowest BCUT2D eigenvalue weighted by atomic mass is 10.0. The number of carbonyl (C=O) groups is 6. The monoisotopic (exact) mass is 850 g/mol. The van der Waals surface area contributed by atoms with E-state index < -0.39 is 59.4 Å². The number of amides is 3. The maximum atomic E-state index is 12.9. The van der Waals surface area contributed by atoms with Crippen molar-refractivity contribution < 1.29 is 52.8 Å². The summed E-state index contributed by atoms with van der Waals surface area (Å²) in [5, 5.41) is 18.0. The van der Waals surface area contributed by atoms with Gasteiger partial charge in [0, 0.05) is 29.9 Å². The number of carbonyl (C=O) groups excluding carboxylic acids is 5. The summed E-state index contributed by atoms with van der Waals surface area (Å²) in [5.41, 5.74) is 0.183. The summed E-state index contributed by atoms with van der Waals surface area (Å²) in [5.74, 6) is -2.33. The van der Waals surface area contributed by atoms with Crippen LogP contribution in [0.25, 0.3) is 0 Å². The number of aliphatic carboxylic acids is 1. The predicted octanol–water partition coefficient (Wildman–Crippen LogP) is 5.85. The van der Waals surface area contributed by atoms with Crippen molar-refractivity contribution in [1.82, 2.24) is 20.9 Å². The van der Waals surface area contributed by atoms with Gasteiger partial charge in [-0.3, -0.25) is 9.59 Å². The molecule has 0 aliphatic rings. The first-order valence-electron chi connectivity index (χ1n) is 17.1. The van der Waals surface area contributed by atoms with E-state index in [1.165, 1.54) is 26.2 Å². The first-order valence-corrected chi connectivity index (χ1v) is 17.9. The molecule has 316 valence electrons. The van der Waals surface area contributed by atoms with Crippen LogP contribution in [0.1, 0.15) is 66.5 Å². The topological polar surface area (TPSA) is 199 Å². The fourth-order valence-corrected chi connectivity index (χ4v) is 4.32. The Labute approximate surface area is 345 Å². The average molecular weight is 852 g/mol. The molecular formula is C38H57Cl3N4O11. The van der Waals surface area contributed by atoms with E-state index in [1.54, 1.807) is 111 Å². The molecule has 15 nitrogen and oxygen atoms in total. The minimum Gasteiger partial charge on any atom is -0.480 e. The molecule has 4 N–H and O–H groups in total. The van der Waals surface area contributed by atoms with Crippen molar-refractivity contribution in [2.75, 3.05) is 28.3 Å². The van der Waals surface area contributed by atoms with Crippen LogP contribution in [0.3, 0.4) is 0 Å². The van der Waals surface area contributed by atoms with Gasteiger partial charge in [0.15, 0.2) is 0 Å². The number of ether oxygens (including phenoxy) is 4. The van der Waals surface area contributed by atoms with Crippen molar-refractivity contribution in [3.05, 3.63) is 69.7 Å². The molecule has 4 atom stereocenters. The Bertz CT molecular complexity index is 1550. The normalized spacial score (nSPS) is 12.8. The summed E-state index contributed by atoms with van der Waals surface area (Å²) in [6.07, 6.45) is -1.09. The highest BCUT2D eigenvalue weighted by Crippen LogP contribution is 2.15. The molecule has 0 bridgehead atoms. The van der Waals surface area contributed by atoms with Gasteiger partial charge in [-0.2, -0.15) is 0 Å². The maximum absolute atomic E-state index is 12.9. The maximum Gasteiger partial charge on any atom is 0.408 e. The molecule has 18 heteroatoms. The summed E-state index contributed by atoms with van der Waals surface area (Å²) < 4.78 is 19.4. The second-order valence-corrected chi connectivity index (χ2v) is 15.0. The SMILES string of the molecule is CC(C)(C)OC(=O)N[C@@H](Cc1ccc(Cl)cc1)C(=O)O.CN[C@@H](C)C(=O)OC.COC(=O)[C@H](C)N(C)C(=O)[C@H](Cc1ccc(Cl)cc1)NC(=O)OC(C)(C)C.Cl. The fraction of sp³-hybridized carbons (Fsp3) is 0.526. The zero-order valence-electron chi connectivity index (χ0n) is 34.0. The van der Waals surface area contributed by atoms with Crippen LogP contribution in [0.15, 0.2) is 48.5 Å². The van der Waals surface area contributed by atoms with Crippen LogP contribution < -0.4 is 16.0 Å². The summed E-state index contributed by atoms with van der Waals surface area (Å²) in [7, 11) is 5.81. The Hall–Kier alpha value is -4.31. The number of alkyl carbamates (subject to hydrolysis) is 2. The lowest BCUT2D eigenvalue weighted by Crippen LogP contribution is -2.53. The largest absolute Gasteiger partial charge is 0.480 e. The molecule has 2 rings (SSSR count). The van der Waals surface area contributed by atoms with Crippen LogP contribution in [0.2, 0.25) is 10.0 Å². The molecule has 0 aliphatic heterocycles. The fourth-order valence-electron chi connectivity index (χ4n) is 4.07. The third-order valence-electron chi connectivity index (χ3n) is 7.14. The standard InChI is InChI=1S/C19H27ClN2O5.C14H18ClNO4.C5H11NO2.ClH/c1-12(17(24)26-6)22(5)16(23)15(21-18(25)27-19(2,3)4)11-13-7-9-14(20)10-8-13;1-14(2,3)20-13(19)16-11(12(17)18)8-9-4-6-10(15)7-5-9;1-4(6-2)5(7)8-3;/h7-10,12,15H,11H2,1-6H3,(H,21,25);4-7,11H,8H2,1-3H3,(H,16,19)(H,17,18);4,6H,1-3H3;1H/t12-,15-;11-;4-;/m000./s1. The Morgan fingerprint density at radius 1 is 0.696 bits per heavy atom. The highest BCUT2D eigenvalue weighted by atomic mass is 35.5. The number of halogens is 3. The number of carboxylic acid groups (broad SMARTS) is 1. The van der Waals surface area contributed by atoms with Crippen LogP contribution in [0, 0.1) is 0 Å². The lowest BCUT2D eigenvalue weighted by Gasteiger charge is -2.29. The molecule has 2 aromatic carbocycles. The van der Waals surface area contributed by atoms with Crippen molar-refractivity contribution in [3.8, 4) is 0 Å². The van der Waals surface area contributed by atoms with E-state index in [9.17, 15) is 28.8 Å². The van der Waals surface area contributed by atoms with Crippen LogP contribution >= 0.6 is 35.6 Å². The quantitative estimate of drug-likeness (QED) is 0.147. The zero-order chi connectivity index (χ0) is 42.7. The molecule has 56 heavy (non-hydrogen) atoms. The first-order chi connectivity index (χ1) is 25.3. The van der Waals surface area contributed by atoms with Crippen molar-refractivity contribution >= 4 is 71.6 Å². The van der Waals surface area contributed by atoms with Crippen LogP contribution in [-0.2, 0) is 51.0 Å². The van der Waals surface area contributed by atoms with Crippen LogP contribution in [-0.4, -0.2) is 110 Å². The van der Waals surface area contributed by atoms with Crippen LogP contribution in [0.4, 0.5) is 9.59 Å². The molecule has 0 saturated carbocycles. The summed E-state index contributed by atoms with van der Waals surface area (Å²) in [6, 6.07) is 10.8. The van der Waals surface area contributed by atoms with Gasteiger partial charge < -0.3 is 44.9 Å². The Morgan fingerprint density at radius 2 is 1.05 bits per heavy atom. The average Bonchev–Trinajstić information content (AvgIpc) is 3.09. The molecule has 0 saturated heterocycles. The second-order valence-electron chi connectivity index (χ2n) is 14.1. The van der Waals surface area contributed by atoms with Crippen LogP contribution in [0.5, 0.6) is 0 Å². The number of hydrogen-bond acceptors (Lipinski definition) is 11. The summed E-state index contributed by atoms with van der Waals surface area (Å²) in [6.45, 7) is 13.6. The van der Waals surface area contributed by atoms with Gasteiger partial charge in [0.25, 0.3) is 0 Å². The van der Waals surface area contributed by atoms with Gasteiger partial charge in [-0.05, 0) is 97.8 Å². The molecule has 0 aromatic heterocycles. The number of nitrogens with zero attached hydrogens (tertiary/aromatic N) is 1. The van der Waals surface area contributed by atoms with E-state index in [1.807, 2.05) is 0 Å². The third kappa shape index (κ3) is 22.9. The number of hydrogen-bond donors (Lipinski definition) is 4. The van der Waals surface area contributed by atoms with Gasteiger partial charge in [0.1, 0.15) is 35.4 Å². The van der Waals surface area contributed by atoms with Gasteiger partial charge in [0.05, 0.1) is 14.2 Å². The minimum absolute atomic E-state index is 0. The number of esters is 2. The molecule has 0 aliphatic carbocycles. The van der Waals surface area contributed by atoms with Gasteiger partial charge in [-0.15, -0.1) is 12.4 Å². The number of rotatable bonds is 12. The molecule has 0 unspecified atom stereocenters. The number of likely N-dealkylation sites (N-methyl/N-ethyl adjacent to an activating group) is 2. The van der Waals surface area contributed by atoms with Gasteiger partial charge in [0.2, 0.25) is 5.91 Å². The third-order valence-corrected chi connectivity index (χ3v) is 7.65. The lowest BCUT2D eigenvalue weighted by molar-refractivity contribution is -0.151. The Morgan fingerprint density at radius 3 is 1.36 bits per heavy atom. The molecule has 0 radical (unpaired) electrons. The van der Waals surface area contributed by atoms with Crippen molar-refractivity contribution in [2.24, 2.45) is 0 Å². The van der Waals surface area contributed by atoms with E-state index >= 15 is 0 Å². The minimum atomic E-state index is -1.12. The first kappa shape index (κ1) is 53.8. The van der Waals surface area contributed by atoms with Crippen molar-refractivity contribution in [1.29, 1.82) is 0 Å². The smallest absolute Gasteiger partial charge is 0.408 e. The second kappa shape index (κ2) is 25.8. The highest BCUT2D eigenvalue weighted by Gasteiger charge is 2.31. The molecular weight excluding hydrogens is 795 g/mol. The molecule has 0 heterocycles. The Balaban J connectivity index is 0. The Kier molecular flexibility index (Phi) is 24.8. The van der Waals surface area contributed by atoms with E-state index in [0.717, 1.165) is 11.1 Å². The highest BCUT2D eigenvalue weighted by molar-refractivity contribution is 6.30. The van der Waals surface area contributed by atoms with E-state index in [0.29, 0.717) is 10.0 Å². The molecule has 2 aromatic rings. The summed E-state index contributed by atoms with van der Waals surface area (Å²) >= 11 is 11.7. The van der Waals surface area contributed by atoms with E-state index in [4.69, 9.17) is 37.8 Å². The number of carboxylic acids is 1. The summed E-state index contributed by atoms with van der Waals surface area (Å²) in [4.78, 5) is 71.3. The van der Waals surface area contributed by atoms with Crippen molar-refractivity contribution in [2.45, 2.75) is 104 Å². The molecule has 3 amide bonds. The zero-order valence-corrected chi connectivity index (χ0v) is 36.3. The van der Waals surface area contributed by atoms with E-state index in [2.05, 4.69) is 25.4 Å².